The van der Waals surface area contributed by atoms with Crippen LogP contribution in [0.2, 0.25) is 0 Å². The van der Waals surface area contributed by atoms with Crippen molar-refractivity contribution in [1.29, 1.82) is 0 Å². The van der Waals surface area contributed by atoms with E-state index >= 15 is 0 Å². The molecule has 1 amide bonds. The van der Waals surface area contributed by atoms with Crippen molar-refractivity contribution in [2.45, 2.75) is 6.54 Å². The highest BCUT2D eigenvalue weighted by Gasteiger charge is 2.06. The molecule has 0 aliphatic carbocycles. The molecular formula is C13H12BrN3O2. The van der Waals surface area contributed by atoms with Gasteiger partial charge in [0, 0.05) is 28.0 Å². The second kappa shape index (κ2) is 5.27. The average molecular weight is 322 g/mol. The molecule has 19 heavy (non-hydrogen) atoms. The van der Waals surface area contributed by atoms with Crippen molar-refractivity contribution in [3.05, 3.63) is 62.5 Å². The summed E-state index contributed by atoms with van der Waals surface area (Å²) in [5.41, 5.74) is 12.4. The monoisotopic (exact) mass is 321 g/mol. The molecule has 6 heteroatoms. The van der Waals surface area contributed by atoms with Gasteiger partial charge in [-0.05, 0) is 39.7 Å². The largest absolute Gasteiger partial charge is 0.398 e. The number of carbonyl (C=O) groups excluding carboxylic acids is 1. The number of nitrogens with zero attached hydrogens (tertiary/aromatic N) is 1. The van der Waals surface area contributed by atoms with Crippen LogP contribution in [0.5, 0.6) is 0 Å². The van der Waals surface area contributed by atoms with Gasteiger partial charge in [0.25, 0.3) is 5.56 Å². The van der Waals surface area contributed by atoms with Gasteiger partial charge in [0.1, 0.15) is 0 Å². The molecule has 98 valence electrons. The molecule has 0 fully saturated rings. The van der Waals surface area contributed by atoms with E-state index in [2.05, 4.69) is 15.9 Å². The quantitative estimate of drug-likeness (QED) is 0.836. The number of aromatic nitrogens is 1. The fourth-order valence-electron chi connectivity index (χ4n) is 1.70. The predicted molar refractivity (Wildman–Crippen MR) is 76.9 cm³/mol. The lowest BCUT2D eigenvalue weighted by Crippen LogP contribution is -2.19. The van der Waals surface area contributed by atoms with E-state index in [1.165, 1.54) is 16.7 Å². The van der Waals surface area contributed by atoms with Gasteiger partial charge in [0.05, 0.1) is 6.54 Å². The van der Waals surface area contributed by atoms with E-state index in [4.69, 9.17) is 11.5 Å². The third kappa shape index (κ3) is 3.03. The summed E-state index contributed by atoms with van der Waals surface area (Å²) in [5, 5.41) is 0. The maximum Gasteiger partial charge on any atom is 0.250 e. The van der Waals surface area contributed by atoms with Crippen molar-refractivity contribution in [2.24, 2.45) is 5.73 Å². The van der Waals surface area contributed by atoms with Crippen LogP contribution >= 0.6 is 15.9 Å². The van der Waals surface area contributed by atoms with Gasteiger partial charge < -0.3 is 16.0 Å². The highest BCUT2D eigenvalue weighted by atomic mass is 79.9. The Labute approximate surface area is 118 Å². The highest BCUT2D eigenvalue weighted by molar-refractivity contribution is 9.10. The number of rotatable bonds is 3. The van der Waals surface area contributed by atoms with Crippen molar-refractivity contribution in [2.75, 3.05) is 5.73 Å². The molecule has 1 aromatic heterocycles. The van der Waals surface area contributed by atoms with Crippen LogP contribution in [-0.2, 0) is 6.54 Å². The third-order valence-corrected chi connectivity index (χ3v) is 3.19. The van der Waals surface area contributed by atoms with E-state index in [-0.39, 0.29) is 5.56 Å². The van der Waals surface area contributed by atoms with E-state index < -0.39 is 5.91 Å². The fraction of sp³-hybridized carbons (Fsp3) is 0.0769. The van der Waals surface area contributed by atoms with E-state index in [0.29, 0.717) is 17.8 Å². The van der Waals surface area contributed by atoms with Gasteiger partial charge in [-0.15, -0.1) is 0 Å². The minimum atomic E-state index is -0.530. The second-order valence-corrected chi connectivity index (χ2v) is 5.01. The predicted octanol–water partition coefficient (Wildman–Crippen LogP) is 1.34. The number of hydrogen-bond acceptors (Lipinski definition) is 3. The van der Waals surface area contributed by atoms with E-state index in [1.807, 2.05) is 0 Å². The van der Waals surface area contributed by atoms with Gasteiger partial charge >= 0.3 is 0 Å². The fourth-order valence-corrected chi connectivity index (χ4v) is 2.08. The summed E-state index contributed by atoms with van der Waals surface area (Å²) in [5.74, 6) is -0.530. The molecule has 0 bridgehead atoms. The Morgan fingerprint density at radius 2 is 2.00 bits per heavy atom. The van der Waals surface area contributed by atoms with E-state index in [0.717, 1.165) is 10.0 Å². The molecule has 0 aliphatic rings. The van der Waals surface area contributed by atoms with E-state index in [1.54, 1.807) is 24.4 Å². The molecular weight excluding hydrogens is 310 g/mol. The number of hydrogen-bond donors (Lipinski definition) is 2. The molecule has 0 saturated carbocycles. The molecule has 4 N–H and O–H groups in total. The van der Waals surface area contributed by atoms with E-state index in [9.17, 15) is 9.59 Å². The Balaban J connectivity index is 2.36. The van der Waals surface area contributed by atoms with Gasteiger partial charge in [-0.1, -0.05) is 6.07 Å². The number of benzene rings is 1. The first kappa shape index (κ1) is 13.4. The summed E-state index contributed by atoms with van der Waals surface area (Å²) in [4.78, 5) is 22.7. The summed E-state index contributed by atoms with van der Waals surface area (Å²) in [6, 6.07) is 7.96. The number of primary amides is 1. The maximum absolute atomic E-state index is 11.7. The Morgan fingerprint density at radius 3 is 2.63 bits per heavy atom. The van der Waals surface area contributed by atoms with Crippen LogP contribution in [0.1, 0.15) is 15.9 Å². The molecule has 5 nitrogen and oxygen atoms in total. The van der Waals surface area contributed by atoms with Crippen LogP contribution in [0.4, 0.5) is 5.69 Å². The van der Waals surface area contributed by atoms with Crippen LogP contribution in [-0.4, -0.2) is 10.5 Å². The lowest BCUT2D eigenvalue weighted by atomic mass is 10.1. The second-order valence-electron chi connectivity index (χ2n) is 4.09. The molecule has 0 atom stereocenters. The third-order valence-electron chi connectivity index (χ3n) is 2.72. The van der Waals surface area contributed by atoms with Crippen molar-refractivity contribution in [3.63, 3.8) is 0 Å². The number of pyridine rings is 1. The number of carbonyl (C=O) groups is 1. The van der Waals surface area contributed by atoms with Gasteiger partial charge in [-0.2, -0.15) is 0 Å². The van der Waals surface area contributed by atoms with Gasteiger partial charge in [-0.25, -0.2) is 0 Å². The van der Waals surface area contributed by atoms with Gasteiger partial charge in [-0.3, -0.25) is 9.59 Å². The van der Waals surface area contributed by atoms with Gasteiger partial charge in [0.15, 0.2) is 0 Å². The lowest BCUT2D eigenvalue weighted by Gasteiger charge is -2.09. The van der Waals surface area contributed by atoms with Crippen molar-refractivity contribution in [3.8, 4) is 0 Å². The van der Waals surface area contributed by atoms with Crippen molar-refractivity contribution < 1.29 is 4.79 Å². The Kier molecular flexibility index (Phi) is 3.71. The highest BCUT2D eigenvalue weighted by Crippen LogP contribution is 2.15. The zero-order valence-electron chi connectivity index (χ0n) is 9.97. The zero-order valence-corrected chi connectivity index (χ0v) is 11.6. The van der Waals surface area contributed by atoms with Crippen molar-refractivity contribution >= 4 is 27.5 Å². The summed E-state index contributed by atoms with van der Waals surface area (Å²) >= 11 is 3.31. The van der Waals surface area contributed by atoms with Crippen LogP contribution in [0.15, 0.2) is 45.8 Å². The first-order valence-electron chi connectivity index (χ1n) is 5.51. The molecule has 0 unspecified atom stereocenters. The minimum absolute atomic E-state index is 0.124. The molecule has 0 aliphatic heterocycles. The molecule has 1 aromatic carbocycles. The summed E-state index contributed by atoms with van der Waals surface area (Å²) < 4.78 is 2.33. The first-order valence-corrected chi connectivity index (χ1v) is 6.31. The molecule has 2 rings (SSSR count). The smallest absolute Gasteiger partial charge is 0.250 e. The number of amides is 1. The van der Waals surface area contributed by atoms with Crippen LogP contribution in [0.25, 0.3) is 0 Å². The standard InChI is InChI=1S/C13H12BrN3O2/c14-10-3-4-12(18)17(7-10)6-9-2-1-8(13(16)19)5-11(9)15/h1-5,7H,6,15H2,(H2,16,19). The molecule has 1 heterocycles. The molecule has 0 radical (unpaired) electrons. The summed E-state index contributed by atoms with van der Waals surface area (Å²) in [6.07, 6.45) is 1.68. The number of halogens is 1. The Morgan fingerprint density at radius 1 is 1.26 bits per heavy atom. The first-order chi connectivity index (χ1) is 8.97. The summed E-state index contributed by atoms with van der Waals surface area (Å²) in [6.45, 7) is 0.336. The topological polar surface area (TPSA) is 91.1 Å². The van der Waals surface area contributed by atoms with Crippen LogP contribution < -0.4 is 17.0 Å². The lowest BCUT2D eigenvalue weighted by molar-refractivity contribution is 0.100. The van der Waals surface area contributed by atoms with Crippen molar-refractivity contribution in [1.82, 2.24) is 4.57 Å². The molecule has 0 spiro atoms. The van der Waals surface area contributed by atoms with Crippen LogP contribution in [0, 0.1) is 0 Å². The maximum atomic E-state index is 11.7. The molecule has 2 aromatic rings. The number of anilines is 1. The Bertz CT molecular complexity index is 695. The number of nitrogen functional groups attached to an aromatic ring is 1. The van der Waals surface area contributed by atoms with Crippen LogP contribution in [0.3, 0.4) is 0 Å². The zero-order chi connectivity index (χ0) is 14.0. The number of nitrogens with two attached hydrogens (primary N) is 2. The Hall–Kier alpha value is -2.08. The summed E-state index contributed by atoms with van der Waals surface area (Å²) in [7, 11) is 0. The van der Waals surface area contributed by atoms with Gasteiger partial charge in [0.2, 0.25) is 5.91 Å². The normalized spacial score (nSPS) is 10.4. The SMILES string of the molecule is NC(=O)c1ccc(Cn2cc(Br)ccc2=O)c(N)c1. The molecule has 0 saturated heterocycles. The average Bonchev–Trinajstić information content (AvgIpc) is 2.36. The minimum Gasteiger partial charge on any atom is -0.398 e.